The molecule has 19 heavy (non-hydrogen) atoms. The lowest BCUT2D eigenvalue weighted by Gasteiger charge is -2.05. The van der Waals surface area contributed by atoms with E-state index in [9.17, 15) is 14.9 Å². The topological polar surface area (TPSA) is 113 Å². The molecular weight excluding hydrogens is 250 g/mol. The van der Waals surface area contributed by atoms with Gasteiger partial charge in [-0.2, -0.15) is 0 Å². The van der Waals surface area contributed by atoms with Crippen molar-refractivity contribution < 1.29 is 20.2 Å². The average molecular weight is 264 g/mol. The molecule has 2 aromatic rings. The number of aromatic nitrogens is 1. The van der Waals surface area contributed by atoms with E-state index in [1.54, 1.807) is 12.3 Å². The summed E-state index contributed by atoms with van der Waals surface area (Å²) in [5.74, 6) is -0.403. The summed E-state index contributed by atoms with van der Waals surface area (Å²) in [5.41, 5.74) is 5.34. The highest BCUT2D eigenvalue weighted by Gasteiger charge is 2.20. The summed E-state index contributed by atoms with van der Waals surface area (Å²) >= 11 is 0. The Kier molecular flexibility index (Phi) is 3.48. The van der Waals surface area contributed by atoms with Crippen molar-refractivity contribution in [3.8, 4) is 0 Å². The largest absolute Gasteiger partial charge is 0.465 e. The van der Waals surface area contributed by atoms with Crippen LogP contribution < -0.4 is 5.73 Å². The number of nitro benzene ring substituents is 1. The first kappa shape index (κ1) is 13.0. The van der Waals surface area contributed by atoms with Crippen LogP contribution in [0.3, 0.4) is 0 Å². The zero-order valence-electron chi connectivity index (χ0n) is 10.4. The van der Waals surface area contributed by atoms with Crippen molar-refractivity contribution >= 4 is 22.6 Å². The normalized spacial score (nSPS) is 12.3. The molecule has 7 heteroatoms. The summed E-state index contributed by atoms with van der Waals surface area (Å²) in [4.78, 5) is 24.7. The standard InChI is InChI=1S/C12H13N3O4/c1-19-12(16)10(13)4-7-6-14-11-3-2-8(15(17)18)5-9(7)11/h2-3,5-6,10,14H,4,13H2,1H3/p+1. The second-order valence-electron chi connectivity index (χ2n) is 4.23. The first-order chi connectivity index (χ1) is 9.02. The second kappa shape index (κ2) is 5.07. The number of ether oxygens (including phenoxy) is 1. The molecule has 1 atom stereocenters. The van der Waals surface area contributed by atoms with Crippen molar-refractivity contribution in [2.24, 2.45) is 0 Å². The number of rotatable bonds is 4. The van der Waals surface area contributed by atoms with Crippen molar-refractivity contribution in [2.45, 2.75) is 12.5 Å². The van der Waals surface area contributed by atoms with Crippen LogP contribution in [0, 0.1) is 10.1 Å². The second-order valence-corrected chi connectivity index (χ2v) is 4.23. The lowest BCUT2D eigenvalue weighted by atomic mass is 10.1. The van der Waals surface area contributed by atoms with Gasteiger partial charge in [0.2, 0.25) is 0 Å². The van der Waals surface area contributed by atoms with Gasteiger partial charge in [0.1, 0.15) is 0 Å². The van der Waals surface area contributed by atoms with E-state index in [-0.39, 0.29) is 5.69 Å². The molecule has 1 heterocycles. The summed E-state index contributed by atoms with van der Waals surface area (Å²) in [6.07, 6.45) is 2.10. The Bertz CT molecular complexity index is 635. The molecule has 1 aromatic carbocycles. The molecule has 0 saturated heterocycles. The number of methoxy groups -OCH3 is 1. The van der Waals surface area contributed by atoms with E-state index < -0.39 is 16.9 Å². The zero-order chi connectivity index (χ0) is 14.0. The number of quaternary nitrogens is 1. The number of non-ortho nitro benzene ring substituents is 1. The van der Waals surface area contributed by atoms with Crippen molar-refractivity contribution in [2.75, 3.05) is 7.11 Å². The van der Waals surface area contributed by atoms with E-state index in [2.05, 4.69) is 15.5 Å². The fourth-order valence-electron chi connectivity index (χ4n) is 1.96. The van der Waals surface area contributed by atoms with Gasteiger partial charge in [-0.25, -0.2) is 4.79 Å². The van der Waals surface area contributed by atoms with E-state index in [0.29, 0.717) is 6.42 Å². The SMILES string of the molecule is COC(=O)C([NH3+])Cc1c[nH]c2ccc([N+](=O)[O-])cc12. The zero-order valence-corrected chi connectivity index (χ0v) is 10.4. The van der Waals surface area contributed by atoms with Crippen LogP contribution in [-0.2, 0) is 16.0 Å². The van der Waals surface area contributed by atoms with Crippen LogP contribution in [0.2, 0.25) is 0 Å². The van der Waals surface area contributed by atoms with Gasteiger partial charge in [0.15, 0.2) is 6.04 Å². The van der Waals surface area contributed by atoms with Crippen LogP contribution in [0.5, 0.6) is 0 Å². The first-order valence-electron chi connectivity index (χ1n) is 5.68. The highest BCUT2D eigenvalue weighted by atomic mass is 16.6. The Morgan fingerprint density at radius 1 is 1.58 bits per heavy atom. The van der Waals surface area contributed by atoms with Gasteiger partial charge in [-0.1, -0.05) is 0 Å². The number of aromatic amines is 1. The number of nitro groups is 1. The van der Waals surface area contributed by atoms with Crippen LogP contribution in [0.4, 0.5) is 5.69 Å². The molecule has 1 unspecified atom stereocenters. The lowest BCUT2D eigenvalue weighted by molar-refractivity contribution is -0.407. The first-order valence-corrected chi connectivity index (χ1v) is 5.68. The van der Waals surface area contributed by atoms with E-state index in [0.717, 1.165) is 16.5 Å². The molecule has 7 nitrogen and oxygen atoms in total. The molecular formula is C12H14N3O4+. The smallest absolute Gasteiger partial charge is 0.364 e. The van der Waals surface area contributed by atoms with Crippen molar-refractivity contribution in [3.63, 3.8) is 0 Å². The van der Waals surface area contributed by atoms with E-state index in [4.69, 9.17) is 0 Å². The van der Waals surface area contributed by atoms with Gasteiger partial charge in [-0.3, -0.25) is 10.1 Å². The number of carbonyl (C=O) groups excluding carboxylic acids is 1. The highest BCUT2D eigenvalue weighted by Crippen LogP contribution is 2.24. The molecule has 100 valence electrons. The molecule has 0 aliphatic rings. The lowest BCUT2D eigenvalue weighted by Crippen LogP contribution is -2.66. The summed E-state index contributed by atoms with van der Waals surface area (Å²) in [6.45, 7) is 0. The highest BCUT2D eigenvalue weighted by molar-refractivity contribution is 5.86. The Morgan fingerprint density at radius 3 is 2.95 bits per heavy atom. The summed E-state index contributed by atoms with van der Waals surface area (Å²) in [5, 5.41) is 11.5. The number of nitrogens with one attached hydrogen (secondary N) is 1. The van der Waals surface area contributed by atoms with Crippen LogP contribution in [0.25, 0.3) is 10.9 Å². The minimum atomic E-state index is -0.539. The number of benzene rings is 1. The monoisotopic (exact) mass is 264 g/mol. The van der Waals surface area contributed by atoms with Crippen LogP contribution in [0.15, 0.2) is 24.4 Å². The molecule has 0 spiro atoms. The fourth-order valence-corrected chi connectivity index (χ4v) is 1.96. The van der Waals surface area contributed by atoms with E-state index >= 15 is 0 Å². The maximum absolute atomic E-state index is 11.3. The Labute approximate surface area is 108 Å². The minimum absolute atomic E-state index is 0.0204. The number of fused-ring (bicyclic) bond motifs is 1. The molecule has 4 N–H and O–H groups in total. The summed E-state index contributed by atoms with van der Waals surface area (Å²) < 4.78 is 4.61. The number of H-pyrrole nitrogens is 1. The van der Waals surface area contributed by atoms with Gasteiger partial charge in [-0.15, -0.1) is 0 Å². The van der Waals surface area contributed by atoms with Crippen LogP contribution in [-0.4, -0.2) is 29.0 Å². The van der Waals surface area contributed by atoms with Crippen molar-refractivity contribution in [1.29, 1.82) is 0 Å². The predicted molar refractivity (Wildman–Crippen MR) is 67.3 cm³/mol. The third-order valence-electron chi connectivity index (χ3n) is 2.96. The molecule has 0 fully saturated rings. The molecule has 2 rings (SSSR count). The van der Waals surface area contributed by atoms with Gasteiger partial charge < -0.3 is 15.5 Å². The molecule has 0 saturated carbocycles. The van der Waals surface area contributed by atoms with E-state index in [1.807, 2.05) is 0 Å². The maximum atomic E-state index is 11.3. The Morgan fingerprint density at radius 2 is 2.32 bits per heavy atom. The summed E-state index contributed by atoms with van der Waals surface area (Å²) in [6, 6.07) is 4.03. The average Bonchev–Trinajstić information content (AvgIpc) is 2.80. The molecule has 1 aromatic heterocycles. The molecule has 0 aliphatic heterocycles. The van der Waals surface area contributed by atoms with E-state index in [1.165, 1.54) is 19.2 Å². The molecule has 0 amide bonds. The third-order valence-corrected chi connectivity index (χ3v) is 2.96. The molecule has 0 aliphatic carbocycles. The van der Waals surface area contributed by atoms with Gasteiger partial charge in [0.05, 0.1) is 12.0 Å². The number of carbonyl (C=O) groups is 1. The number of esters is 1. The van der Waals surface area contributed by atoms with Crippen LogP contribution >= 0.6 is 0 Å². The quantitative estimate of drug-likeness (QED) is 0.472. The van der Waals surface area contributed by atoms with Crippen molar-refractivity contribution in [1.82, 2.24) is 4.98 Å². The molecule has 0 bridgehead atoms. The predicted octanol–water partition coefficient (Wildman–Crippen LogP) is 0.402. The van der Waals surface area contributed by atoms with Gasteiger partial charge >= 0.3 is 5.97 Å². The number of nitrogens with zero attached hydrogens (tertiary/aromatic N) is 1. The van der Waals surface area contributed by atoms with Crippen molar-refractivity contribution in [3.05, 3.63) is 40.1 Å². The number of hydrogen-bond acceptors (Lipinski definition) is 4. The fraction of sp³-hybridized carbons (Fsp3) is 0.250. The summed E-state index contributed by atoms with van der Waals surface area (Å²) in [7, 11) is 1.31. The van der Waals surface area contributed by atoms with Crippen LogP contribution in [0.1, 0.15) is 5.56 Å². The third kappa shape index (κ3) is 2.55. The molecule has 0 radical (unpaired) electrons. The van der Waals surface area contributed by atoms with Gasteiger partial charge in [0, 0.05) is 35.7 Å². The van der Waals surface area contributed by atoms with Gasteiger partial charge in [-0.05, 0) is 11.6 Å². The van der Waals surface area contributed by atoms with Gasteiger partial charge in [0.25, 0.3) is 5.69 Å². The number of hydrogen-bond donors (Lipinski definition) is 2. The maximum Gasteiger partial charge on any atom is 0.364 e. The Balaban J connectivity index is 2.35. The minimum Gasteiger partial charge on any atom is -0.465 e. The Hall–Kier alpha value is -2.41.